The molecule has 0 atom stereocenters. The number of amides is 2. The highest BCUT2D eigenvalue weighted by atomic mass is 32.3. The van der Waals surface area contributed by atoms with E-state index in [1.54, 1.807) is 17.6 Å². The van der Waals surface area contributed by atoms with Crippen molar-refractivity contribution in [3.8, 4) is 11.5 Å². The van der Waals surface area contributed by atoms with E-state index in [0.717, 1.165) is 0 Å². The molecule has 6 N–H and O–H groups in total. The molecule has 2 amide bonds. The number of aromatic nitrogens is 3. The van der Waals surface area contributed by atoms with Crippen molar-refractivity contribution in [3.63, 3.8) is 0 Å². The van der Waals surface area contributed by atoms with Crippen molar-refractivity contribution < 1.29 is 23.4 Å². The van der Waals surface area contributed by atoms with Crippen LogP contribution in [-0.2, 0) is 0 Å². The number of para-hydroxylation sites is 1. The summed E-state index contributed by atoms with van der Waals surface area (Å²) in [5, 5.41) is 16.1. The summed E-state index contributed by atoms with van der Waals surface area (Å²) in [6.45, 7) is 0.957. The summed E-state index contributed by atoms with van der Waals surface area (Å²) in [5.41, 5.74) is 1.54. The number of nitrogens with zero attached hydrogens (tertiary/aromatic N) is 3. The minimum Gasteiger partial charge on any atom is -0.486 e. The first-order valence-electron chi connectivity index (χ1n) is 9.95. The minimum atomic E-state index is -2.53. The fourth-order valence-corrected chi connectivity index (χ4v) is 4.98. The molecule has 0 radical (unpaired) electrons. The number of nitrogens with one attached hydrogen (secondary N) is 4. The Morgan fingerprint density at radius 2 is 2.03 bits per heavy atom. The van der Waals surface area contributed by atoms with E-state index in [1.165, 1.54) is 6.20 Å². The number of anilines is 4. The van der Waals surface area contributed by atoms with Crippen molar-refractivity contribution >= 4 is 45.3 Å². The van der Waals surface area contributed by atoms with E-state index in [-0.39, 0.29) is 17.5 Å². The second-order valence-electron chi connectivity index (χ2n) is 7.46. The average Bonchev–Trinajstić information content (AvgIpc) is 3.14. The van der Waals surface area contributed by atoms with E-state index in [9.17, 15) is 13.9 Å². The minimum absolute atomic E-state index is 0.165. The molecule has 0 spiro atoms. The van der Waals surface area contributed by atoms with Gasteiger partial charge in [-0.3, -0.25) is 9.11 Å². The third kappa shape index (κ3) is 3.92. The maximum absolute atomic E-state index is 12.4. The number of carbonyl (C=O) groups is 1. The number of ether oxygens (including phenoxy) is 2. The molecule has 2 aliphatic heterocycles. The van der Waals surface area contributed by atoms with Crippen molar-refractivity contribution in [1.82, 2.24) is 19.9 Å². The monoisotopic (exact) mass is 461 g/mol. The summed E-state index contributed by atoms with van der Waals surface area (Å²) in [4.78, 5) is 17.0. The summed E-state index contributed by atoms with van der Waals surface area (Å²) in [6.07, 6.45) is 1.50. The summed E-state index contributed by atoms with van der Waals surface area (Å²) in [5.74, 6) is 2.77. The lowest BCUT2D eigenvalue weighted by atomic mass is 10.2. The molecular formula is C19H23N7O5S. The number of hydrogen-bond donors (Lipinski definition) is 6. The van der Waals surface area contributed by atoms with E-state index < -0.39 is 16.6 Å². The Bertz CT molecular complexity index is 1180. The molecule has 12 nitrogen and oxygen atoms in total. The Hall–Kier alpha value is -3.42. The van der Waals surface area contributed by atoms with Gasteiger partial charge >= 0.3 is 6.03 Å². The first-order valence-corrected chi connectivity index (χ1v) is 11.8. The highest BCUT2D eigenvalue weighted by Crippen LogP contribution is 2.48. The summed E-state index contributed by atoms with van der Waals surface area (Å²) >= 11 is 0. The summed E-state index contributed by atoms with van der Waals surface area (Å²) in [7, 11) is -0.771. The molecule has 1 saturated heterocycles. The Morgan fingerprint density at radius 1 is 1.22 bits per heavy atom. The molecule has 0 bridgehead atoms. The quantitative estimate of drug-likeness (QED) is 0.336. The van der Waals surface area contributed by atoms with Crippen LogP contribution >= 0.6 is 10.6 Å². The van der Waals surface area contributed by atoms with Crippen molar-refractivity contribution in [2.24, 2.45) is 0 Å². The molecule has 0 aliphatic carbocycles. The number of hydrogen-bond acceptors (Lipinski definition) is 9. The lowest BCUT2D eigenvalue weighted by Crippen LogP contribution is -2.51. The smallest absolute Gasteiger partial charge is 0.319 e. The second-order valence-corrected chi connectivity index (χ2v) is 9.73. The Balaban J connectivity index is 1.40. The van der Waals surface area contributed by atoms with Gasteiger partial charge < -0.3 is 30.7 Å². The molecule has 0 saturated carbocycles. The molecule has 13 heteroatoms. The van der Waals surface area contributed by atoms with Crippen LogP contribution in [0, 0.1) is 0 Å². The molecule has 5 rings (SSSR count). The van der Waals surface area contributed by atoms with Gasteiger partial charge in [0.15, 0.2) is 17.1 Å². The van der Waals surface area contributed by atoms with Crippen LogP contribution in [0.4, 0.5) is 27.8 Å². The fourth-order valence-electron chi connectivity index (χ4n) is 3.63. The summed E-state index contributed by atoms with van der Waals surface area (Å²) < 4.78 is 31.9. The molecule has 2 aliphatic rings. The van der Waals surface area contributed by atoms with Crippen molar-refractivity contribution in [1.29, 1.82) is 0 Å². The van der Waals surface area contributed by atoms with Crippen molar-refractivity contribution in [3.05, 3.63) is 30.5 Å². The Morgan fingerprint density at radius 3 is 2.81 bits per heavy atom. The zero-order valence-electron chi connectivity index (χ0n) is 17.2. The number of carbonyl (C=O) groups excluding carboxylic acids is 1. The van der Waals surface area contributed by atoms with Crippen LogP contribution in [0.2, 0.25) is 0 Å². The molecule has 1 fully saturated rings. The zero-order valence-corrected chi connectivity index (χ0v) is 18.0. The van der Waals surface area contributed by atoms with Crippen LogP contribution in [-0.4, -0.2) is 67.5 Å². The van der Waals surface area contributed by atoms with E-state index in [4.69, 9.17) is 9.47 Å². The van der Waals surface area contributed by atoms with Crippen LogP contribution in [0.15, 0.2) is 30.5 Å². The average molecular weight is 462 g/mol. The van der Waals surface area contributed by atoms with Gasteiger partial charge in [0.2, 0.25) is 0 Å². The predicted molar refractivity (Wildman–Crippen MR) is 122 cm³/mol. The molecule has 2 aromatic heterocycles. The van der Waals surface area contributed by atoms with Crippen LogP contribution in [0.3, 0.4) is 0 Å². The van der Waals surface area contributed by atoms with Gasteiger partial charge in [0.25, 0.3) is 0 Å². The largest absolute Gasteiger partial charge is 0.486 e. The second kappa shape index (κ2) is 7.93. The van der Waals surface area contributed by atoms with E-state index in [2.05, 4.69) is 31.3 Å². The number of benzene rings is 1. The van der Waals surface area contributed by atoms with Gasteiger partial charge in [-0.1, -0.05) is 6.07 Å². The fraction of sp³-hybridized carbons (Fsp3) is 0.316. The topological polar surface area (TPSA) is 154 Å². The maximum Gasteiger partial charge on any atom is 0.319 e. The lowest BCUT2D eigenvalue weighted by Gasteiger charge is -2.46. The number of rotatable bonds is 5. The SMILES string of the molecule is CNc1cc(Nc2cccc3c2OCCO3)nc2c(NC(=O)NC3CS(O)(O)C3)cnn12. The molecular weight excluding hydrogens is 438 g/mol. The highest BCUT2D eigenvalue weighted by molar-refractivity contribution is 8.25. The van der Waals surface area contributed by atoms with Crippen molar-refractivity contribution in [2.75, 3.05) is 47.7 Å². The van der Waals surface area contributed by atoms with E-state index in [1.807, 2.05) is 18.2 Å². The van der Waals surface area contributed by atoms with Crippen LogP contribution < -0.4 is 30.7 Å². The van der Waals surface area contributed by atoms with Gasteiger partial charge in [0.05, 0.1) is 29.4 Å². The first-order chi connectivity index (χ1) is 15.4. The highest BCUT2D eigenvalue weighted by Gasteiger charge is 2.34. The van der Waals surface area contributed by atoms with Crippen LogP contribution in [0.5, 0.6) is 11.5 Å². The first kappa shape index (κ1) is 20.5. The molecule has 1 aromatic carbocycles. The number of urea groups is 1. The van der Waals surface area contributed by atoms with Gasteiger partial charge in [-0.05, 0) is 12.1 Å². The third-order valence-electron chi connectivity index (χ3n) is 5.08. The van der Waals surface area contributed by atoms with Gasteiger partial charge in [-0.25, -0.2) is 9.78 Å². The molecule has 3 aromatic rings. The van der Waals surface area contributed by atoms with Gasteiger partial charge in [-0.15, -0.1) is 0 Å². The molecule has 0 unspecified atom stereocenters. The van der Waals surface area contributed by atoms with E-state index >= 15 is 0 Å². The molecule has 170 valence electrons. The van der Waals surface area contributed by atoms with Crippen molar-refractivity contribution in [2.45, 2.75) is 6.04 Å². The third-order valence-corrected chi connectivity index (χ3v) is 6.95. The molecule has 4 heterocycles. The van der Waals surface area contributed by atoms with Gasteiger partial charge in [0.1, 0.15) is 30.5 Å². The van der Waals surface area contributed by atoms with Gasteiger partial charge in [0, 0.05) is 13.1 Å². The number of fused-ring (bicyclic) bond motifs is 2. The van der Waals surface area contributed by atoms with E-state index in [0.29, 0.717) is 53.4 Å². The Labute approximate surface area is 184 Å². The summed E-state index contributed by atoms with van der Waals surface area (Å²) in [6, 6.07) is 6.61. The Kier molecular flexibility index (Phi) is 5.07. The zero-order chi connectivity index (χ0) is 22.3. The standard InChI is InChI=1S/C19H23N7O5S/c1-20-16-7-15(23-12-3-2-4-14-17(12)31-6-5-30-14)25-18-13(8-21-26(16)18)24-19(27)22-11-9-32(28,29)10-11/h2-4,7-8,11,20,28-29H,5-6,9-10H2,1H3,(H,23,25)(H2,22,24,27). The predicted octanol–water partition coefficient (Wildman–Crippen LogP) is 2.54. The van der Waals surface area contributed by atoms with Crippen LogP contribution in [0.1, 0.15) is 0 Å². The van der Waals surface area contributed by atoms with Crippen LogP contribution in [0.25, 0.3) is 5.65 Å². The normalized spacial score (nSPS) is 17.8. The van der Waals surface area contributed by atoms with Gasteiger partial charge in [-0.2, -0.15) is 20.2 Å². The lowest BCUT2D eigenvalue weighted by molar-refractivity contribution is 0.172. The molecule has 32 heavy (non-hydrogen) atoms. The maximum atomic E-state index is 12.4.